The van der Waals surface area contributed by atoms with Crippen LogP contribution in [0, 0.1) is 0 Å². The fourth-order valence-corrected chi connectivity index (χ4v) is 1.30. The number of benzene rings is 1. The number of nitrogens with one attached hydrogen (secondary N) is 2. The number of para-hydroxylation sites is 2. The third-order valence-corrected chi connectivity index (χ3v) is 2.04. The standard InChI is InChI=1S/C12H17N3O/c1-4-9-13-12(16)14-10-7-5-6-8-11(10)15(2)3/h4-8H,1,9H2,2-3H3,(H2,13,14,16). The Bertz CT molecular complexity index is 374. The third-order valence-electron chi connectivity index (χ3n) is 2.04. The van der Waals surface area contributed by atoms with Crippen molar-refractivity contribution >= 4 is 17.4 Å². The summed E-state index contributed by atoms with van der Waals surface area (Å²) in [4.78, 5) is 13.4. The summed E-state index contributed by atoms with van der Waals surface area (Å²) in [5, 5.41) is 5.45. The molecule has 0 bridgehead atoms. The lowest BCUT2D eigenvalue weighted by atomic mass is 10.2. The Morgan fingerprint density at radius 2 is 2.12 bits per heavy atom. The minimum absolute atomic E-state index is 0.228. The fraction of sp³-hybridized carbons (Fsp3) is 0.250. The molecule has 86 valence electrons. The van der Waals surface area contributed by atoms with E-state index in [0.717, 1.165) is 11.4 Å². The van der Waals surface area contributed by atoms with Gasteiger partial charge in [0.15, 0.2) is 0 Å². The molecule has 0 aliphatic rings. The van der Waals surface area contributed by atoms with E-state index in [1.54, 1.807) is 6.08 Å². The zero-order chi connectivity index (χ0) is 12.0. The highest BCUT2D eigenvalue weighted by Gasteiger charge is 2.06. The molecule has 0 heterocycles. The number of carbonyl (C=O) groups excluding carboxylic acids is 1. The smallest absolute Gasteiger partial charge is 0.319 e. The van der Waals surface area contributed by atoms with Crippen LogP contribution in [0.4, 0.5) is 16.2 Å². The van der Waals surface area contributed by atoms with E-state index in [0.29, 0.717) is 6.54 Å². The molecule has 2 amide bonds. The summed E-state index contributed by atoms with van der Waals surface area (Å²) in [6.45, 7) is 3.99. The number of amides is 2. The van der Waals surface area contributed by atoms with Crippen molar-refractivity contribution in [1.29, 1.82) is 0 Å². The van der Waals surface area contributed by atoms with Gasteiger partial charge >= 0.3 is 6.03 Å². The van der Waals surface area contributed by atoms with Gasteiger partial charge in [-0.3, -0.25) is 0 Å². The number of urea groups is 1. The first kappa shape index (κ1) is 12.1. The molecule has 0 saturated heterocycles. The molecule has 1 rings (SSSR count). The number of carbonyl (C=O) groups is 1. The van der Waals surface area contributed by atoms with Gasteiger partial charge in [-0.25, -0.2) is 4.79 Å². The van der Waals surface area contributed by atoms with Gasteiger partial charge in [-0.1, -0.05) is 18.2 Å². The van der Waals surface area contributed by atoms with E-state index in [9.17, 15) is 4.79 Å². The molecule has 0 unspecified atom stereocenters. The van der Waals surface area contributed by atoms with Crippen molar-refractivity contribution in [2.45, 2.75) is 0 Å². The third kappa shape index (κ3) is 3.31. The van der Waals surface area contributed by atoms with Gasteiger partial charge < -0.3 is 15.5 Å². The second-order valence-corrected chi connectivity index (χ2v) is 3.54. The predicted molar refractivity (Wildman–Crippen MR) is 68.0 cm³/mol. The molecule has 0 atom stereocenters. The Kier molecular flexibility index (Phi) is 4.39. The van der Waals surface area contributed by atoms with Crippen molar-refractivity contribution in [2.75, 3.05) is 30.9 Å². The lowest BCUT2D eigenvalue weighted by Gasteiger charge is -2.17. The first-order chi connectivity index (χ1) is 7.65. The zero-order valence-electron chi connectivity index (χ0n) is 9.66. The lowest BCUT2D eigenvalue weighted by molar-refractivity contribution is 0.253. The molecule has 16 heavy (non-hydrogen) atoms. The number of hydrogen-bond acceptors (Lipinski definition) is 2. The molecule has 0 saturated carbocycles. The van der Waals surface area contributed by atoms with Crippen LogP contribution in [0.3, 0.4) is 0 Å². The van der Waals surface area contributed by atoms with Gasteiger partial charge in [0.05, 0.1) is 11.4 Å². The van der Waals surface area contributed by atoms with Crippen molar-refractivity contribution in [3.8, 4) is 0 Å². The topological polar surface area (TPSA) is 44.4 Å². The molecule has 0 aromatic heterocycles. The van der Waals surface area contributed by atoms with Crippen molar-refractivity contribution in [3.63, 3.8) is 0 Å². The van der Waals surface area contributed by atoms with E-state index in [4.69, 9.17) is 0 Å². The molecule has 1 aromatic carbocycles. The zero-order valence-corrected chi connectivity index (χ0v) is 9.66. The molecule has 0 fully saturated rings. The molecule has 0 spiro atoms. The van der Waals surface area contributed by atoms with Gasteiger partial charge in [-0.15, -0.1) is 6.58 Å². The average Bonchev–Trinajstić information content (AvgIpc) is 2.27. The summed E-state index contributed by atoms with van der Waals surface area (Å²) >= 11 is 0. The maximum atomic E-state index is 11.5. The molecular weight excluding hydrogens is 202 g/mol. The fourth-order valence-electron chi connectivity index (χ4n) is 1.30. The first-order valence-electron chi connectivity index (χ1n) is 5.07. The summed E-state index contributed by atoms with van der Waals surface area (Å²) in [5.74, 6) is 0. The highest BCUT2D eigenvalue weighted by Crippen LogP contribution is 2.22. The Morgan fingerprint density at radius 3 is 2.75 bits per heavy atom. The molecule has 0 radical (unpaired) electrons. The minimum Gasteiger partial charge on any atom is -0.376 e. The van der Waals surface area contributed by atoms with Gasteiger partial charge in [0.1, 0.15) is 0 Å². The van der Waals surface area contributed by atoms with Crippen LogP contribution in [0.2, 0.25) is 0 Å². The van der Waals surface area contributed by atoms with E-state index in [-0.39, 0.29) is 6.03 Å². The number of nitrogens with zero attached hydrogens (tertiary/aromatic N) is 1. The maximum absolute atomic E-state index is 11.5. The monoisotopic (exact) mass is 219 g/mol. The molecule has 0 aliphatic carbocycles. The highest BCUT2D eigenvalue weighted by molar-refractivity contribution is 5.93. The summed E-state index contributed by atoms with van der Waals surface area (Å²) < 4.78 is 0. The molecule has 1 aromatic rings. The van der Waals surface area contributed by atoms with Gasteiger partial charge in [-0.2, -0.15) is 0 Å². The van der Waals surface area contributed by atoms with Crippen LogP contribution in [0.5, 0.6) is 0 Å². The van der Waals surface area contributed by atoms with Gasteiger partial charge in [-0.05, 0) is 12.1 Å². The molecule has 0 aliphatic heterocycles. The summed E-state index contributed by atoms with van der Waals surface area (Å²) in [6, 6.07) is 7.40. The number of hydrogen-bond donors (Lipinski definition) is 2. The Hall–Kier alpha value is -1.97. The van der Waals surface area contributed by atoms with Crippen molar-refractivity contribution in [2.24, 2.45) is 0 Å². The summed E-state index contributed by atoms with van der Waals surface area (Å²) in [5.41, 5.74) is 1.75. The van der Waals surface area contributed by atoms with Crippen LogP contribution in [0.15, 0.2) is 36.9 Å². The van der Waals surface area contributed by atoms with Crippen molar-refractivity contribution < 1.29 is 4.79 Å². The summed E-state index contributed by atoms with van der Waals surface area (Å²) in [7, 11) is 3.87. The molecule has 4 heteroatoms. The largest absolute Gasteiger partial charge is 0.376 e. The minimum atomic E-state index is -0.228. The van der Waals surface area contributed by atoms with Crippen LogP contribution in [0.1, 0.15) is 0 Å². The van der Waals surface area contributed by atoms with E-state index >= 15 is 0 Å². The second-order valence-electron chi connectivity index (χ2n) is 3.54. The van der Waals surface area contributed by atoms with E-state index < -0.39 is 0 Å². The lowest BCUT2D eigenvalue weighted by Crippen LogP contribution is -2.29. The van der Waals surface area contributed by atoms with E-state index in [2.05, 4.69) is 17.2 Å². The van der Waals surface area contributed by atoms with Gasteiger partial charge in [0, 0.05) is 20.6 Å². The van der Waals surface area contributed by atoms with Crippen LogP contribution >= 0.6 is 0 Å². The van der Waals surface area contributed by atoms with Gasteiger partial charge in [0.25, 0.3) is 0 Å². The van der Waals surface area contributed by atoms with E-state index in [1.807, 2.05) is 43.3 Å². The Labute approximate surface area is 96.0 Å². The maximum Gasteiger partial charge on any atom is 0.319 e. The van der Waals surface area contributed by atoms with Crippen LogP contribution in [0.25, 0.3) is 0 Å². The quantitative estimate of drug-likeness (QED) is 0.761. The second kappa shape index (κ2) is 5.80. The SMILES string of the molecule is C=CCNC(=O)Nc1ccccc1N(C)C. The highest BCUT2D eigenvalue weighted by atomic mass is 16.2. The number of anilines is 2. The van der Waals surface area contributed by atoms with Crippen LogP contribution < -0.4 is 15.5 Å². The Morgan fingerprint density at radius 1 is 1.44 bits per heavy atom. The van der Waals surface area contributed by atoms with Crippen LogP contribution in [-0.4, -0.2) is 26.7 Å². The van der Waals surface area contributed by atoms with Crippen molar-refractivity contribution in [3.05, 3.63) is 36.9 Å². The predicted octanol–water partition coefficient (Wildman–Crippen LogP) is 2.06. The normalized spacial score (nSPS) is 9.38. The molecular formula is C12H17N3O. The molecule has 2 N–H and O–H groups in total. The molecule has 4 nitrogen and oxygen atoms in total. The van der Waals surface area contributed by atoms with Crippen molar-refractivity contribution in [1.82, 2.24) is 5.32 Å². The number of rotatable bonds is 4. The average molecular weight is 219 g/mol. The van der Waals surface area contributed by atoms with E-state index in [1.165, 1.54) is 0 Å². The first-order valence-corrected chi connectivity index (χ1v) is 5.07. The van der Waals surface area contributed by atoms with Crippen LogP contribution in [-0.2, 0) is 0 Å². The summed E-state index contributed by atoms with van der Waals surface area (Å²) in [6.07, 6.45) is 1.64. The van der Waals surface area contributed by atoms with Gasteiger partial charge in [0.2, 0.25) is 0 Å². The Balaban J connectivity index is 2.72.